The molecule has 0 aliphatic rings. The zero-order valence-corrected chi connectivity index (χ0v) is 6.27. The largest absolute Gasteiger partial charge is 0.478 e. The van der Waals surface area contributed by atoms with Gasteiger partial charge < -0.3 is 5.11 Å². The highest BCUT2D eigenvalue weighted by atomic mass is 32.1. The van der Waals surface area contributed by atoms with E-state index in [1.807, 2.05) is 0 Å². The molecule has 1 N–H and O–H groups in total. The standard InChI is InChI=1S/C7H8O2S/c1-3-5(7(8)9)6(10)4-2/h3-4,10H,1-2H2,(H,8,9)/b6-5-. The fourth-order valence-electron chi connectivity index (χ4n) is 0.411. The van der Waals surface area contributed by atoms with Crippen molar-refractivity contribution in [2.75, 3.05) is 0 Å². The molecule has 0 aromatic heterocycles. The number of carboxylic acid groups (broad SMARTS) is 1. The quantitative estimate of drug-likeness (QED) is 0.370. The van der Waals surface area contributed by atoms with Gasteiger partial charge >= 0.3 is 5.97 Å². The zero-order chi connectivity index (χ0) is 8.15. The van der Waals surface area contributed by atoms with Crippen molar-refractivity contribution in [3.8, 4) is 0 Å². The Morgan fingerprint density at radius 3 is 2.00 bits per heavy atom. The lowest BCUT2D eigenvalue weighted by molar-refractivity contribution is -0.132. The van der Waals surface area contributed by atoms with Gasteiger partial charge in [-0.3, -0.25) is 0 Å². The summed E-state index contributed by atoms with van der Waals surface area (Å²) in [6, 6.07) is 0. The minimum Gasteiger partial charge on any atom is -0.478 e. The average molecular weight is 156 g/mol. The van der Waals surface area contributed by atoms with Crippen molar-refractivity contribution in [3.05, 3.63) is 35.8 Å². The molecule has 0 fully saturated rings. The van der Waals surface area contributed by atoms with E-state index in [1.54, 1.807) is 0 Å². The molecule has 0 saturated carbocycles. The van der Waals surface area contributed by atoms with Crippen LogP contribution >= 0.6 is 12.6 Å². The summed E-state index contributed by atoms with van der Waals surface area (Å²) >= 11 is 3.85. The Kier molecular flexibility index (Phi) is 3.57. The van der Waals surface area contributed by atoms with E-state index in [9.17, 15) is 4.79 Å². The van der Waals surface area contributed by atoms with Crippen molar-refractivity contribution in [2.45, 2.75) is 0 Å². The second-order valence-corrected chi connectivity index (χ2v) is 1.99. The van der Waals surface area contributed by atoms with Gasteiger partial charge in [-0.25, -0.2) is 4.79 Å². The van der Waals surface area contributed by atoms with Crippen LogP contribution in [0.4, 0.5) is 0 Å². The molecule has 0 aliphatic heterocycles. The molecule has 0 aromatic carbocycles. The normalized spacial score (nSPS) is 11.7. The number of rotatable bonds is 3. The smallest absolute Gasteiger partial charge is 0.336 e. The van der Waals surface area contributed by atoms with Crippen LogP contribution in [0.2, 0.25) is 0 Å². The first-order valence-corrected chi connectivity index (χ1v) is 2.99. The van der Waals surface area contributed by atoms with Crippen molar-refractivity contribution in [1.82, 2.24) is 0 Å². The predicted molar refractivity (Wildman–Crippen MR) is 44.0 cm³/mol. The molecule has 0 bridgehead atoms. The zero-order valence-electron chi connectivity index (χ0n) is 5.37. The molecule has 0 amide bonds. The monoisotopic (exact) mass is 156 g/mol. The van der Waals surface area contributed by atoms with Gasteiger partial charge in [-0.1, -0.05) is 25.3 Å². The Hall–Kier alpha value is -0.960. The molecule has 54 valence electrons. The number of aliphatic carboxylic acids is 1. The van der Waals surface area contributed by atoms with Gasteiger partial charge in [0.25, 0.3) is 0 Å². The van der Waals surface area contributed by atoms with E-state index >= 15 is 0 Å². The number of carboxylic acids is 1. The van der Waals surface area contributed by atoms with Crippen molar-refractivity contribution in [1.29, 1.82) is 0 Å². The van der Waals surface area contributed by atoms with Gasteiger partial charge in [0.1, 0.15) is 0 Å². The minimum atomic E-state index is -1.04. The number of hydrogen-bond donors (Lipinski definition) is 2. The Morgan fingerprint density at radius 2 is 1.90 bits per heavy atom. The highest BCUT2D eigenvalue weighted by Gasteiger charge is 2.04. The summed E-state index contributed by atoms with van der Waals surface area (Å²) in [6.07, 6.45) is 2.58. The lowest BCUT2D eigenvalue weighted by Gasteiger charge is -1.94. The van der Waals surface area contributed by atoms with E-state index in [-0.39, 0.29) is 5.57 Å². The first-order chi connectivity index (χ1) is 4.63. The Balaban J connectivity index is 4.79. The van der Waals surface area contributed by atoms with Crippen molar-refractivity contribution in [2.24, 2.45) is 0 Å². The number of allylic oxidation sites excluding steroid dienone is 1. The van der Waals surface area contributed by atoms with Crippen LogP contribution in [0.3, 0.4) is 0 Å². The van der Waals surface area contributed by atoms with Crippen molar-refractivity contribution < 1.29 is 9.90 Å². The molecule has 0 saturated heterocycles. The summed E-state index contributed by atoms with van der Waals surface area (Å²) in [4.78, 5) is 10.6. The highest BCUT2D eigenvalue weighted by Crippen LogP contribution is 2.10. The third kappa shape index (κ3) is 2.11. The topological polar surface area (TPSA) is 37.3 Å². The van der Waals surface area contributed by atoms with Gasteiger partial charge in [0.15, 0.2) is 0 Å². The van der Waals surface area contributed by atoms with Gasteiger partial charge in [0.05, 0.1) is 5.57 Å². The molecule has 0 aliphatic carbocycles. The molecule has 10 heavy (non-hydrogen) atoms. The second kappa shape index (κ2) is 3.95. The molecule has 0 unspecified atom stereocenters. The maximum Gasteiger partial charge on any atom is 0.336 e. The Morgan fingerprint density at radius 1 is 1.40 bits per heavy atom. The third-order valence-corrected chi connectivity index (χ3v) is 1.33. The average Bonchev–Trinajstić information content (AvgIpc) is 1.88. The lowest BCUT2D eigenvalue weighted by Crippen LogP contribution is -1.98. The van der Waals surface area contributed by atoms with Crippen LogP contribution in [0.15, 0.2) is 35.8 Å². The molecular formula is C7H8O2S. The molecule has 0 rings (SSSR count). The van der Waals surface area contributed by atoms with Gasteiger partial charge in [-0.2, -0.15) is 0 Å². The molecule has 0 aromatic rings. The van der Waals surface area contributed by atoms with Crippen molar-refractivity contribution >= 4 is 18.6 Å². The van der Waals surface area contributed by atoms with Gasteiger partial charge in [-0.05, 0) is 0 Å². The molecule has 2 nitrogen and oxygen atoms in total. The number of thiol groups is 1. The van der Waals surface area contributed by atoms with Crippen LogP contribution in [0.1, 0.15) is 0 Å². The second-order valence-electron chi connectivity index (χ2n) is 1.51. The predicted octanol–water partition coefficient (Wildman–Crippen LogP) is 1.63. The first-order valence-electron chi connectivity index (χ1n) is 2.55. The van der Waals surface area contributed by atoms with Crippen molar-refractivity contribution in [3.63, 3.8) is 0 Å². The highest BCUT2D eigenvalue weighted by molar-refractivity contribution is 7.84. The van der Waals surface area contributed by atoms with Gasteiger partial charge in [0.2, 0.25) is 0 Å². The summed E-state index contributed by atoms with van der Waals surface area (Å²) in [5, 5.41) is 8.45. The molecule has 0 heterocycles. The Labute approximate surface area is 65.0 Å². The lowest BCUT2D eigenvalue weighted by atomic mass is 10.2. The fourth-order valence-corrected chi connectivity index (χ4v) is 0.598. The van der Waals surface area contributed by atoms with E-state index in [1.165, 1.54) is 12.2 Å². The summed E-state index contributed by atoms with van der Waals surface area (Å²) in [5.74, 6) is -1.04. The van der Waals surface area contributed by atoms with Crippen LogP contribution in [-0.2, 0) is 4.79 Å². The number of hydrogen-bond acceptors (Lipinski definition) is 2. The third-order valence-electron chi connectivity index (χ3n) is 0.904. The summed E-state index contributed by atoms with van der Waals surface area (Å²) in [6.45, 7) is 6.68. The maximum absolute atomic E-state index is 10.3. The number of carbonyl (C=O) groups is 1. The summed E-state index contributed by atoms with van der Waals surface area (Å²) in [5.41, 5.74) is 0.0679. The fraction of sp³-hybridized carbons (Fsp3) is 0. The van der Waals surface area contributed by atoms with E-state index in [4.69, 9.17) is 5.11 Å². The summed E-state index contributed by atoms with van der Waals surface area (Å²) in [7, 11) is 0. The van der Waals surface area contributed by atoms with Crippen LogP contribution in [0.25, 0.3) is 0 Å². The van der Waals surface area contributed by atoms with Gasteiger partial charge in [-0.15, -0.1) is 12.6 Å². The first kappa shape index (κ1) is 9.04. The van der Waals surface area contributed by atoms with Crippen LogP contribution in [0, 0.1) is 0 Å². The molecule has 0 spiro atoms. The summed E-state index contributed by atoms with van der Waals surface area (Å²) < 4.78 is 0. The van der Waals surface area contributed by atoms with Crippen LogP contribution in [-0.4, -0.2) is 11.1 Å². The SMILES string of the molecule is C=C/C(S)=C(\C=C)C(=O)O. The minimum absolute atomic E-state index is 0.0679. The van der Waals surface area contributed by atoms with E-state index in [0.717, 1.165) is 0 Å². The van der Waals surface area contributed by atoms with Crippen LogP contribution in [0.5, 0.6) is 0 Å². The molecule has 0 atom stereocenters. The molecule has 0 radical (unpaired) electrons. The maximum atomic E-state index is 10.3. The molecule has 3 heteroatoms. The van der Waals surface area contributed by atoms with Gasteiger partial charge in [0, 0.05) is 4.91 Å². The van der Waals surface area contributed by atoms with E-state index in [2.05, 4.69) is 25.8 Å². The van der Waals surface area contributed by atoms with E-state index in [0.29, 0.717) is 4.91 Å². The Bertz CT molecular complexity index is 204. The van der Waals surface area contributed by atoms with E-state index < -0.39 is 5.97 Å². The molecular weight excluding hydrogens is 148 g/mol. The van der Waals surface area contributed by atoms with Crippen LogP contribution < -0.4 is 0 Å².